The third kappa shape index (κ3) is 8.18. The highest BCUT2D eigenvalue weighted by atomic mass is 19.4. The summed E-state index contributed by atoms with van der Waals surface area (Å²) in [6.45, 7) is 3.77. The van der Waals surface area contributed by atoms with Crippen LogP contribution in [0.3, 0.4) is 0 Å². The number of hydrogen-bond acceptors (Lipinski definition) is 4. The number of halogens is 6. The zero-order chi connectivity index (χ0) is 22.6. The monoisotopic (exact) mass is 429 g/mol. The van der Waals surface area contributed by atoms with Gasteiger partial charge in [-0.05, 0) is 38.5 Å². The molecule has 12 heteroatoms. The Kier molecular flexibility index (Phi) is 7.52. The number of benzene rings is 1. The number of nitrogens with one attached hydrogen (secondary N) is 2. The topological polar surface area (TPSA) is 93.4 Å². The van der Waals surface area contributed by atoms with Crippen LogP contribution >= 0.6 is 0 Å². The van der Waals surface area contributed by atoms with E-state index in [9.17, 15) is 35.9 Å². The van der Waals surface area contributed by atoms with Gasteiger partial charge in [0.1, 0.15) is 11.6 Å². The Morgan fingerprint density at radius 1 is 1.03 bits per heavy atom. The lowest BCUT2D eigenvalue weighted by molar-refractivity contribution is -0.143. The van der Waals surface area contributed by atoms with E-state index in [1.165, 1.54) is 0 Å². The Balaban J connectivity index is 2.77. The number of amides is 2. The molecule has 0 aliphatic heterocycles. The molecule has 0 aliphatic carbocycles. The van der Waals surface area contributed by atoms with Crippen molar-refractivity contribution >= 4 is 12.0 Å². The number of ether oxygens (including phenoxy) is 1. The van der Waals surface area contributed by atoms with Crippen molar-refractivity contribution in [2.45, 2.75) is 51.3 Å². The van der Waals surface area contributed by atoms with Crippen LogP contribution in [0.15, 0.2) is 18.2 Å². The van der Waals surface area contributed by atoms with Crippen molar-refractivity contribution in [3.05, 3.63) is 34.9 Å². The molecule has 0 fully saturated rings. The van der Waals surface area contributed by atoms with Crippen molar-refractivity contribution in [2.75, 3.05) is 6.54 Å². The molecule has 164 valence electrons. The van der Waals surface area contributed by atoms with E-state index in [2.05, 4.69) is 10.6 Å². The van der Waals surface area contributed by atoms with E-state index >= 15 is 0 Å². The smallest absolute Gasteiger partial charge is 0.416 e. The van der Waals surface area contributed by atoms with E-state index in [1.807, 2.05) is 0 Å². The molecule has 1 aromatic carbocycles. The van der Waals surface area contributed by atoms with E-state index < -0.39 is 59.2 Å². The van der Waals surface area contributed by atoms with Crippen molar-refractivity contribution in [3.8, 4) is 0 Å². The van der Waals surface area contributed by atoms with Crippen LogP contribution in [0.1, 0.15) is 37.5 Å². The van der Waals surface area contributed by atoms with Crippen molar-refractivity contribution < 1.29 is 40.7 Å². The summed E-state index contributed by atoms with van der Waals surface area (Å²) >= 11 is 0. The highest BCUT2D eigenvalue weighted by Crippen LogP contribution is 2.37. The average molecular weight is 429 g/mol. The minimum Gasteiger partial charge on any atom is -0.444 e. The van der Waals surface area contributed by atoms with Crippen LogP contribution in [0.2, 0.25) is 0 Å². The highest BCUT2D eigenvalue weighted by molar-refractivity contribution is 5.82. The van der Waals surface area contributed by atoms with Gasteiger partial charge < -0.3 is 21.1 Å². The Bertz CT molecular complexity index is 741. The van der Waals surface area contributed by atoms with Crippen molar-refractivity contribution in [3.63, 3.8) is 0 Å². The third-order valence-corrected chi connectivity index (χ3v) is 3.40. The number of carbonyl (C=O) groups excluding carboxylic acids is 2. The lowest BCUT2D eigenvalue weighted by Gasteiger charge is -2.21. The first-order valence-electron chi connectivity index (χ1n) is 8.28. The van der Waals surface area contributed by atoms with Crippen LogP contribution in [0.4, 0.5) is 31.1 Å². The van der Waals surface area contributed by atoms with Crippen molar-refractivity contribution in [2.24, 2.45) is 5.73 Å². The van der Waals surface area contributed by atoms with Crippen LogP contribution in [-0.4, -0.2) is 30.2 Å². The number of alkyl carbamates (subject to hydrolysis) is 1. The molecule has 1 rings (SSSR count). The number of alkyl halides is 6. The van der Waals surface area contributed by atoms with E-state index in [0.29, 0.717) is 12.1 Å². The summed E-state index contributed by atoms with van der Waals surface area (Å²) in [5.41, 5.74) is 1.22. The summed E-state index contributed by atoms with van der Waals surface area (Å²) in [5.74, 6) is -0.908. The van der Waals surface area contributed by atoms with Gasteiger partial charge in [0.25, 0.3) is 0 Å². The molecule has 2 amide bonds. The number of carbonyl (C=O) groups is 2. The second kappa shape index (κ2) is 8.89. The molecule has 0 aliphatic rings. The molecule has 0 bridgehead atoms. The van der Waals surface area contributed by atoms with Gasteiger partial charge in [0.2, 0.25) is 5.91 Å². The molecule has 1 aromatic rings. The SMILES string of the molecule is CC(C)(C)OC(=O)NCC(N)C(=O)NCc1ccc(C(F)(F)F)cc1C(F)(F)F. The molecular formula is C17H21F6N3O3. The molecule has 0 spiro atoms. The fourth-order valence-electron chi connectivity index (χ4n) is 2.08. The zero-order valence-electron chi connectivity index (χ0n) is 15.8. The fraction of sp³-hybridized carbons (Fsp3) is 0.529. The van der Waals surface area contributed by atoms with Gasteiger partial charge >= 0.3 is 18.4 Å². The lowest BCUT2D eigenvalue weighted by Crippen LogP contribution is -2.48. The summed E-state index contributed by atoms with van der Waals surface area (Å²) in [6.07, 6.45) is -10.8. The van der Waals surface area contributed by atoms with E-state index in [-0.39, 0.29) is 12.6 Å². The highest BCUT2D eigenvalue weighted by Gasteiger charge is 2.38. The minimum atomic E-state index is -5.05. The molecule has 1 unspecified atom stereocenters. The standard InChI is InChI=1S/C17H21F6N3O3/c1-15(2,3)29-14(28)26-8-12(24)13(27)25-7-9-4-5-10(16(18,19)20)6-11(9)17(21,22)23/h4-6,12H,7-8,24H2,1-3H3,(H,25,27)(H,26,28). The maximum Gasteiger partial charge on any atom is 0.416 e. The largest absolute Gasteiger partial charge is 0.444 e. The maximum atomic E-state index is 13.1. The molecule has 0 radical (unpaired) electrons. The first-order chi connectivity index (χ1) is 13.0. The van der Waals surface area contributed by atoms with Gasteiger partial charge in [0, 0.05) is 13.1 Å². The maximum absolute atomic E-state index is 13.1. The van der Waals surface area contributed by atoms with Gasteiger partial charge in [-0.2, -0.15) is 26.3 Å². The number of nitrogens with two attached hydrogens (primary N) is 1. The predicted molar refractivity (Wildman–Crippen MR) is 90.5 cm³/mol. The van der Waals surface area contributed by atoms with Crippen LogP contribution in [0.5, 0.6) is 0 Å². The molecule has 4 N–H and O–H groups in total. The molecule has 1 atom stereocenters. The molecule has 0 saturated heterocycles. The van der Waals surface area contributed by atoms with Gasteiger partial charge in [-0.3, -0.25) is 4.79 Å². The Morgan fingerprint density at radius 2 is 1.62 bits per heavy atom. The molecule has 0 saturated carbocycles. The fourth-order valence-corrected chi connectivity index (χ4v) is 2.08. The van der Waals surface area contributed by atoms with Crippen molar-refractivity contribution in [1.29, 1.82) is 0 Å². The van der Waals surface area contributed by atoms with Crippen LogP contribution in [-0.2, 0) is 28.4 Å². The van der Waals surface area contributed by atoms with Gasteiger partial charge in [-0.25, -0.2) is 4.79 Å². The molecule has 6 nitrogen and oxygen atoms in total. The average Bonchev–Trinajstić information content (AvgIpc) is 2.54. The summed E-state index contributed by atoms with van der Waals surface area (Å²) in [4.78, 5) is 23.4. The molecular weight excluding hydrogens is 408 g/mol. The number of hydrogen-bond donors (Lipinski definition) is 3. The molecule has 0 heterocycles. The molecule has 0 aromatic heterocycles. The van der Waals surface area contributed by atoms with E-state index in [0.717, 1.165) is 0 Å². The van der Waals surface area contributed by atoms with Gasteiger partial charge in [-0.15, -0.1) is 0 Å². The summed E-state index contributed by atoms with van der Waals surface area (Å²) < 4.78 is 82.2. The quantitative estimate of drug-likeness (QED) is 0.627. The predicted octanol–water partition coefficient (Wildman–Crippen LogP) is 3.19. The Morgan fingerprint density at radius 3 is 2.10 bits per heavy atom. The minimum absolute atomic E-state index is 0.0223. The van der Waals surface area contributed by atoms with E-state index in [4.69, 9.17) is 10.5 Å². The summed E-state index contributed by atoms with van der Waals surface area (Å²) in [6, 6.07) is -0.214. The number of rotatable bonds is 5. The van der Waals surface area contributed by atoms with Gasteiger partial charge in [-0.1, -0.05) is 6.07 Å². The Hall–Kier alpha value is -2.50. The summed E-state index contributed by atoms with van der Waals surface area (Å²) in [7, 11) is 0. The zero-order valence-corrected chi connectivity index (χ0v) is 15.8. The lowest BCUT2D eigenvalue weighted by atomic mass is 10.0. The molecule has 29 heavy (non-hydrogen) atoms. The van der Waals surface area contributed by atoms with Crippen molar-refractivity contribution in [1.82, 2.24) is 10.6 Å². The first kappa shape index (κ1) is 24.5. The van der Waals surface area contributed by atoms with Crippen LogP contribution in [0.25, 0.3) is 0 Å². The first-order valence-corrected chi connectivity index (χ1v) is 8.28. The van der Waals surface area contributed by atoms with Gasteiger partial charge in [0.05, 0.1) is 11.1 Å². The van der Waals surface area contributed by atoms with Crippen LogP contribution < -0.4 is 16.4 Å². The van der Waals surface area contributed by atoms with Gasteiger partial charge in [0.15, 0.2) is 0 Å². The second-order valence-electron chi connectivity index (χ2n) is 7.07. The second-order valence-corrected chi connectivity index (χ2v) is 7.07. The normalized spacial score (nSPS) is 13.6. The third-order valence-electron chi connectivity index (χ3n) is 3.40. The Labute approximate surface area is 162 Å². The summed E-state index contributed by atoms with van der Waals surface area (Å²) in [5, 5.41) is 4.33. The van der Waals surface area contributed by atoms with E-state index in [1.54, 1.807) is 20.8 Å². The van der Waals surface area contributed by atoms with Crippen LogP contribution in [0, 0.1) is 0 Å².